The Labute approximate surface area is 167 Å². The lowest BCUT2D eigenvalue weighted by Gasteiger charge is -2.32. The van der Waals surface area contributed by atoms with Crippen molar-refractivity contribution < 1.29 is 4.79 Å². The van der Waals surface area contributed by atoms with Gasteiger partial charge < -0.3 is 10.2 Å². The fourth-order valence-corrected chi connectivity index (χ4v) is 4.23. The SMILES string of the molecule is CC(Sc1cc(Cl)ccc1Cl)C(=O)NC1CCN(c2ncccn2)CC1. The first-order valence-electron chi connectivity index (χ1n) is 8.47. The van der Waals surface area contributed by atoms with Crippen LogP contribution < -0.4 is 10.2 Å². The van der Waals surface area contributed by atoms with Gasteiger partial charge in [0.1, 0.15) is 0 Å². The van der Waals surface area contributed by atoms with Crippen molar-refractivity contribution in [1.82, 2.24) is 15.3 Å². The van der Waals surface area contributed by atoms with Gasteiger partial charge in [-0.1, -0.05) is 23.2 Å². The van der Waals surface area contributed by atoms with Gasteiger partial charge in [-0.05, 0) is 44.0 Å². The van der Waals surface area contributed by atoms with E-state index >= 15 is 0 Å². The molecule has 1 saturated heterocycles. The van der Waals surface area contributed by atoms with E-state index in [4.69, 9.17) is 23.2 Å². The highest BCUT2D eigenvalue weighted by Crippen LogP contribution is 2.32. The predicted octanol–water partition coefficient (Wildman–Crippen LogP) is 4.05. The summed E-state index contributed by atoms with van der Waals surface area (Å²) in [6.07, 6.45) is 5.24. The van der Waals surface area contributed by atoms with Gasteiger partial charge in [0.15, 0.2) is 0 Å². The van der Waals surface area contributed by atoms with Gasteiger partial charge in [-0.25, -0.2) is 9.97 Å². The molecular weight excluding hydrogens is 391 g/mol. The molecule has 0 saturated carbocycles. The second-order valence-corrected chi connectivity index (χ2v) is 8.38. The van der Waals surface area contributed by atoms with Crippen molar-refractivity contribution in [2.75, 3.05) is 18.0 Å². The molecule has 0 spiro atoms. The monoisotopic (exact) mass is 410 g/mol. The smallest absolute Gasteiger partial charge is 0.233 e. The molecule has 1 N–H and O–H groups in total. The van der Waals surface area contributed by atoms with Crippen LogP contribution >= 0.6 is 35.0 Å². The van der Waals surface area contributed by atoms with Gasteiger partial charge in [0.2, 0.25) is 11.9 Å². The standard InChI is InChI=1S/C18H20Cl2N4OS/c1-12(26-16-11-13(19)3-4-15(16)20)17(25)23-14-5-9-24(10-6-14)18-21-7-2-8-22-18/h2-4,7-8,11-12,14H,5-6,9-10H2,1H3,(H,23,25). The van der Waals surface area contributed by atoms with E-state index in [1.165, 1.54) is 11.8 Å². The van der Waals surface area contributed by atoms with E-state index in [9.17, 15) is 4.79 Å². The largest absolute Gasteiger partial charge is 0.352 e. The van der Waals surface area contributed by atoms with Crippen molar-refractivity contribution in [3.05, 3.63) is 46.7 Å². The molecule has 138 valence electrons. The first kappa shape index (κ1) is 19.3. The molecule has 1 aromatic heterocycles. The van der Waals surface area contributed by atoms with E-state index in [0.29, 0.717) is 10.0 Å². The molecule has 2 aromatic rings. The number of hydrogen-bond acceptors (Lipinski definition) is 5. The minimum Gasteiger partial charge on any atom is -0.352 e. The van der Waals surface area contributed by atoms with Crippen molar-refractivity contribution in [3.8, 4) is 0 Å². The number of nitrogens with zero attached hydrogens (tertiary/aromatic N) is 3. The van der Waals surface area contributed by atoms with Crippen molar-refractivity contribution in [3.63, 3.8) is 0 Å². The van der Waals surface area contributed by atoms with Gasteiger partial charge in [-0.2, -0.15) is 0 Å². The zero-order chi connectivity index (χ0) is 18.5. The summed E-state index contributed by atoms with van der Waals surface area (Å²) in [5.74, 6) is 0.761. The van der Waals surface area contributed by atoms with E-state index in [0.717, 1.165) is 36.8 Å². The van der Waals surface area contributed by atoms with Gasteiger partial charge >= 0.3 is 0 Å². The lowest BCUT2D eigenvalue weighted by atomic mass is 10.1. The van der Waals surface area contributed by atoms with Crippen LogP contribution in [0.25, 0.3) is 0 Å². The number of benzene rings is 1. The van der Waals surface area contributed by atoms with Crippen LogP contribution in [0.3, 0.4) is 0 Å². The summed E-state index contributed by atoms with van der Waals surface area (Å²) in [5.41, 5.74) is 0. The molecule has 0 bridgehead atoms. The zero-order valence-corrected chi connectivity index (χ0v) is 16.7. The summed E-state index contributed by atoms with van der Waals surface area (Å²) in [6, 6.07) is 7.25. The summed E-state index contributed by atoms with van der Waals surface area (Å²) in [7, 11) is 0. The summed E-state index contributed by atoms with van der Waals surface area (Å²) in [6.45, 7) is 3.54. The van der Waals surface area contributed by atoms with Gasteiger partial charge in [0, 0.05) is 41.4 Å². The minimum absolute atomic E-state index is 0.0143. The summed E-state index contributed by atoms with van der Waals surface area (Å²) >= 11 is 13.6. The molecule has 0 radical (unpaired) electrons. The number of anilines is 1. The van der Waals surface area contributed by atoms with Crippen LogP contribution in [0.15, 0.2) is 41.6 Å². The molecule has 1 unspecified atom stereocenters. The highest BCUT2D eigenvalue weighted by atomic mass is 35.5. The maximum Gasteiger partial charge on any atom is 0.233 e. The topological polar surface area (TPSA) is 58.1 Å². The van der Waals surface area contributed by atoms with Crippen LogP contribution in [-0.2, 0) is 4.79 Å². The van der Waals surface area contributed by atoms with Crippen LogP contribution in [0.5, 0.6) is 0 Å². The average Bonchev–Trinajstić information content (AvgIpc) is 2.66. The molecule has 1 atom stereocenters. The number of thioether (sulfide) groups is 1. The van der Waals surface area contributed by atoms with Crippen molar-refractivity contribution in [1.29, 1.82) is 0 Å². The molecule has 1 fully saturated rings. The molecule has 1 aliphatic rings. The minimum atomic E-state index is -0.249. The molecule has 1 aromatic carbocycles. The Morgan fingerprint density at radius 3 is 2.65 bits per heavy atom. The van der Waals surface area contributed by atoms with Gasteiger partial charge in [-0.15, -0.1) is 11.8 Å². The number of halogens is 2. The molecule has 8 heteroatoms. The highest BCUT2D eigenvalue weighted by molar-refractivity contribution is 8.00. The Kier molecular flexibility index (Phi) is 6.62. The Morgan fingerprint density at radius 1 is 1.27 bits per heavy atom. The highest BCUT2D eigenvalue weighted by Gasteiger charge is 2.24. The third-order valence-electron chi connectivity index (χ3n) is 4.24. The normalized spacial score (nSPS) is 16.3. The number of hydrogen-bond donors (Lipinski definition) is 1. The Hall–Kier alpha value is -1.50. The molecule has 26 heavy (non-hydrogen) atoms. The third-order valence-corrected chi connectivity index (χ3v) is 6.08. The second-order valence-electron chi connectivity index (χ2n) is 6.15. The van der Waals surface area contributed by atoms with E-state index < -0.39 is 0 Å². The third kappa shape index (κ3) is 5.02. The predicted molar refractivity (Wildman–Crippen MR) is 107 cm³/mol. The van der Waals surface area contributed by atoms with Gasteiger partial charge in [-0.3, -0.25) is 4.79 Å². The second kappa shape index (κ2) is 8.93. The quantitative estimate of drug-likeness (QED) is 0.753. The molecule has 0 aliphatic carbocycles. The molecule has 5 nitrogen and oxygen atoms in total. The number of carbonyl (C=O) groups is 1. The Balaban J connectivity index is 1.50. The number of piperidine rings is 1. The first-order valence-corrected chi connectivity index (χ1v) is 10.1. The van der Waals surface area contributed by atoms with Crippen molar-refractivity contribution >= 4 is 46.8 Å². The number of amides is 1. The van der Waals surface area contributed by atoms with Crippen LogP contribution in [0.1, 0.15) is 19.8 Å². The van der Waals surface area contributed by atoms with Crippen LogP contribution in [0.4, 0.5) is 5.95 Å². The van der Waals surface area contributed by atoms with E-state index in [-0.39, 0.29) is 17.2 Å². The molecule has 1 aliphatic heterocycles. The summed E-state index contributed by atoms with van der Waals surface area (Å²) < 4.78 is 0. The molecule has 3 rings (SSSR count). The Bertz CT molecular complexity index is 754. The fourth-order valence-electron chi connectivity index (χ4n) is 2.81. The van der Waals surface area contributed by atoms with E-state index in [1.807, 2.05) is 13.0 Å². The van der Waals surface area contributed by atoms with Gasteiger partial charge in [0.05, 0.1) is 10.3 Å². The molecular formula is C18H20Cl2N4OS. The number of carbonyl (C=O) groups excluding carboxylic acids is 1. The van der Waals surface area contributed by atoms with Crippen LogP contribution in [0.2, 0.25) is 10.0 Å². The summed E-state index contributed by atoms with van der Waals surface area (Å²) in [5, 5.41) is 4.11. The lowest BCUT2D eigenvalue weighted by Crippen LogP contribution is -2.47. The van der Waals surface area contributed by atoms with E-state index in [1.54, 1.807) is 30.6 Å². The van der Waals surface area contributed by atoms with E-state index in [2.05, 4.69) is 20.2 Å². The zero-order valence-electron chi connectivity index (χ0n) is 14.4. The maximum atomic E-state index is 12.5. The maximum absolute atomic E-state index is 12.5. The number of rotatable bonds is 5. The average molecular weight is 411 g/mol. The van der Waals surface area contributed by atoms with Crippen LogP contribution in [0, 0.1) is 0 Å². The van der Waals surface area contributed by atoms with Crippen molar-refractivity contribution in [2.24, 2.45) is 0 Å². The lowest BCUT2D eigenvalue weighted by molar-refractivity contribution is -0.121. The molecule has 1 amide bonds. The first-order chi connectivity index (χ1) is 12.5. The Morgan fingerprint density at radius 2 is 1.96 bits per heavy atom. The van der Waals surface area contributed by atoms with Crippen LogP contribution in [-0.4, -0.2) is 40.3 Å². The summed E-state index contributed by atoms with van der Waals surface area (Å²) in [4.78, 5) is 24.0. The van der Waals surface area contributed by atoms with Gasteiger partial charge in [0.25, 0.3) is 0 Å². The fraction of sp³-hybridized carbons (Fsp3) is 0.389. The van der Waals surface area contributed by atoms with Crippen molar-refractivity contribution in [2.45, 2.75) is 36.0 Å². The number of nitrogens with one attached hydrogen (secondary N) is 1. The molecule has 2 heterocycles. The number of aromatic nitrogens is 2.